The molecule has 4 N–H and O–H groups in total. The van der Waals surface area contributed by atoms with Crippen molar-refractivity contribution in [3.05, 3.63) is 34.5 Å². The van der Waals surface area contributed by atoms with Gasteiger partial charge in [-0.2, -0.15) is 13.1 Å². The van der Waals surface area contributed by atoms with E-state index >= 15 is 0 Å². The highest BCUT2D eigenvalue weighted by molar-refractivity contribution is 7.87. The molecule has 11 heteroatoms. The molecule has 2 amide bonds. The Morgan fingerprint density at radius 3 is 2.61 bits per heavy atom. The van der Waals surface area contributed by atoms with Crippen molar-refractivity contribution in [1.82, 2.24) is 4.98 Å². The number of nitrogens with zero attached hydrogens (tertiary/aromatic N) is 2. The van der Waals surface area contributed by atoms with Crippen molar-refractivity contribution >= 4 is 33.9 Å². The Balaban J connectivity index is 1.89. The fraction of sp³-hybridized carbons (Fsp3) is 0.500. The lowest BCUT2D eigenvalue weighted by Gasteiger charge is -2.19. The van der Waals surface area contributed by atoms with Gasteiger partial charge in [-0.1, -0.05) is 13.8 Å². The smallest absolute Gasteiger partial charge is 0.387 e. The Kier molecular flexibility index (Phi) is 7.09. The molecule has 170 valence electrons. The van der Waals surface area contributed by atoms with E-state index in [0.29, 0.717) is 20.5 Å². The summed E-state index contributed by atoms with van der Waals surface area (Å²) < 4.78 is 34.7. The number of hydrogen-bond acceptors (Lipinski definition) is 5. The van der Waals surface area contributed by atoms with Crippen LogP contribution in [0, 0.1) is 0 Å². The average Bonchev–Trinajstić information content (AvgIpc) is 3.35. The number of rotatable bonds is 7. The lowest BCUT2D eigenvalue weighted by molar-refractivity contribution is -0.0499. The van der Waals surface area contributed by atoms with Crippen molar-refractivity contribution in [2.45, 2.75) is 68.8 Å². The van der Waals surface area contributed by atoms with Crippen molar-refractivity contribution in [3.8, 4) is 5.75 Å². The van der Waals surface area contributed by atoms with Crippen LogP contribution in [0.2, 0.25) is 0 Å². The zero-order chi connectivity index (χ0) is 22.9. The van der Waals surface area contributed by atoms with Gasteiger partial charge in [0.1, 0.15) is 20.6 Å². The number of aromatic nitrogens is 1. The number of amides is 2. The van der Waals surface area contributed by atoms with Crippen LogP contribution in [-0.4, -0.2) is 22.7 Å². The number of urea groups is 1. The van der Waals surface area contributed by atoms with Gasteiger partial charge in [0.25, 0.3) is 0 Å². The maximum absolute atomic E-state index is 12.8. The molecule has 0 aliphatic heterocycles. The van der Waals surface area contributed by atoms with Gasteiger partial charge in [-0.15, -0.1) is 11.3 Å². The highest BCUT2D eigenvalue weighted by Gasteiger charge is 2.30. The van der Waals surface area contributed by atoms with Crippen molar-refractivity contribution in [2.24, 2.45) is 9.50 Å². The van der Waals surface area contributed by atoms with E-state index in [0.717, 1.165) is 18.4 Å². The van der Waals surface area contributed by atoms with Crippen LogP contribution in [0.25, 0.3) is 0 Å². The number of ether oxygens (including phenoxy) is 1. The number of hydrogen-bond donors (Lipinski definition) is 3. The van der Waals surface area contributed by atoms with Crippen molar-refractivity contribution in [3.63, 3.8) is 0 Å². The molecular weight excluding hydrogens is 446 g/mol. The van der Waals surface area contributed by atoms with Gasteiger partial charge in [0.05, 0.1) is 6.20 Å². The number of anilines is 1. The molecule has 0 bridgehead atoms. The van der Waals surface area contributed by atoms with Crippen LogP contribution in [0.15, 0.2) is 26.9 Å². The van der Waals surface area contributed by atoms with Crippen LogP contribution < -0.4 is 15.2 Å². The maximum Gasteiger partial charge on any atom is 0.387 e. The third kappa shape index (κ3) is 6.06. The number of nitrogens with one attached hydrogen (secondary N) is 1. The number of halogens is 2. The highest BCUT2D eigenvalue weighted by atomic mass is 32.2. The molecule has 1 saturated carbocycles. The number of carbonyl (C=O) groups is 1. The molecule has 1 aromatic heterocycles. The first-order chi connectivity index (χ1) is 14.5. The van der Waals surface area contributed by atoms with E-state index in [1.165, 1.54) is 23.6 Å². The summed E-state index contributed by atoms with van der Waals surface area (Å²) >= 11 is 1.19. The Morgan fingerprint density at radius 2 is 2.10 bits per heavy atom. The number of aliphatic hydroxyl groups is 1. The summed E-state index contributed by atoms with van der Waals surface area (Å²) in [6.45, 7) is 4.13. The molecule has 1 unspecified atom stereocenters. The van der Waals surface area contributed by atoms with Gasteiger partial charge in [0, 0.05) is 16.6 Å². The molecule has 0 spiro atoms. The van der Waals surface area contributed by atoms with E-state index in [1.54, 1.807) is 19.9 Å². The molecule has 7 nitrogen and oxygen atoms in total. The van der Waals surface area contributed by atoms with E-state index < -0.39 is 29.1 Å². The van der Waals surface area contributed by atoms with Crippen molar-refractivity contribution in [2.75, 3.05) is 5.32 Å². The summed E-state index contributed by atoms with van der Waals surface area (Å²) in [6.07, 6.45) is 3.33. The van der Waals surface area contributed by atoms with Crippen LogP contribution in [0.1, 0.15) is 68.5 Å². The molecule has 1 aliphatic rings. The minimum absolute atomic E-state index is 0.0408. The Hall–Kier alpha value is -1.95. The first-order valence-electron chi connectivity index (χ1n) is 9.78. The quantitative estimate of drug-likeness (QED) is 0.510. The van der Waals surface area contributed by atoms with Gasteiger partial charge in [0.15, 0.2) is 0 Å². The first-order valence-corrected chi connectivity index (χ1v) is 11.8. The van der Waals surface area contributed by atoms with Gasteiger partial charge < -0.3 is 15.2 Å². The predicted molar refractivity (Wildman–Crippen MR) is 118 cm³/mol. The SMILES string of the molecule is CC(C)c1cc(OC(F)F)cc(C2CC2)c1NC(=O)/N=S(/N)c1cnc(C(C)(C)O)s1. The van der Waals surface area contributed by atoms with Crippen LogP contribution >= 0.6 is 11.3 Å². The third-order valence-corrected chi connectivity index (χ3v) is 7.41. The molecule has 1 aliphatic carbocycles. The molecule has 0 radical (unpaired) electrons. The maximum atomic E-state index is 12.8. The lowest BCUT2D eigenvalue weighted by atomic mass is 9.95. The Bertz CT molecular complexity index is 976. The minimum Gasteiger partial charge on any atom is -0.435 e. The standard InChI is InChI=1S/C20H26F2N4O3S2/c1-10(2)13-7-12(29-18(21)22)8-14(11-5-6-11)16(13)25-19(27)26-31(23)15-9-24-17(30-15)20(3,4)28/h7-11,18,28H,5-6H2,1-4H3,(H3,23,25,26,27). The lowest BCUT2D eigenvalue weighted by Crippen LogP contribution is -2.15. The molecule has 31 heavy (non-hydrogen) atoms. The minimum atomic E-state index is -2.92. The molecule has 1 fully saturated rings. The summed E-state index contributed by atoms with van der Waals surface area (Å²) in [7, 11) is -1.25. The largest absolute Gasteiger partial charge is 0.435 e. The van der Waals surface area contributed by atoms with Crippen molar-refractivity contribution in [1.29, 1.82) is 0 Å². The molecule has 0 saturated heterocycles. The van der Waals surface area contributed by atoms with Crippen LogP contribution in [0.4, 0.5) is 19.3 Å². The van der Waals surface area contributed by atoms with Gasteiger partial charge in [-0.3, -0.25) is 5.14 Å². The molecular formula is C20H26F2N4O3S2. The summed E-state index contributed by atoms with van der Waals surface area (Å²) in [5, 5.41) is 19.4. The Labute approximate surface area is 186 Å². The van der Waals surface area contributed by atoms with Gasteiger partial charge in [-0.05, 0) is 61.8 Å². The highest BCUT2D eigenvalue weighted by Crippen LogP contribution is 2.47. The van der Waals surface area contributed by atoms with Crippen LogP contribution in [-0.2, 0) is 16.5 Å². The molecule has 1 aromatic carbocycles. The summed E-state index contributed by atoms with van der Waals surface area (Å²) in [6, 6.07) is 2.46. The number of benzene rings is 1. The number of alkyl halides is 2. The second kappa shape index (κ2) is 9.27. The number of carbonyl (C=O) groups excluding carboxylic acids is 1. The van der Waals surface area contributed by atoms with Crippen molar-refractivity contribution < 1.29 is 23.4 Å². The molecule has 2 aromatic rings. The fourth-order valence-electron chi connectivity index (χ4n) is 3.05. The number of thiazole rings is 1. The fourth-order valence-corrected chi connectivity index (χ4v) is 4.87. The zero-order valence-electron chi connectivity index (χ0n) is 17.7. The topological polar surface area (TPSA) is 110 Å². The second-order valence-electron chi connectivity index (χ2n) is 8.16. The van der Waals surface area contributed by atoms with E-state index in [2.05, 4.69) is 19.4 Å². The van der Waals surface area contributed by atoms with E-state index in [9.17, 15) is 18.7 Å². The summed E-state index contributed by atoms with van der Waals surface area (Å²) in [5.41, 5.74) is 0.932. The van der Waals surface area contributed by atoms with Gasteiger partial charge >= 0.3 is 12.6 Å². The third-order valence-electron chi connectivity index (χ3n) is 4.66. The van der Waals surface area contributed by atoms with Gasteiger partial charge in [-0.25, -0.2) is 9.78 Å². The van der Waals surface area contributed by atoms with E-state index in [-0.39, 0.29) is 17.6 Å². The number of nitrogens with two attached hydrogens (primary N) is 1. The summed E-state index contributed by atoms with van der Waals surface area (Å²) in [5.74, 6) is 0.222. The second-order valence-corrected chi connectivity index (χ2v) is 10.7. The average molecular weight is 473 g/mol. The zero-order valence-corrected chi connectivity index (χ0v) is 19.3. The monoisotopic (exact) mass is 472 g/mol. The molecule has 1 heterocycles. The predicted octanol–water partition coefficient (Wildman–Crippen LogP) is 5.24. The van der Waals surface area contributed by atoms with Gasteiger partial charge in [0.2, 0.25) is 0 Å². The molecule has 1 atom stereocenters. The van der Waals surface area contributed by atoms with Crippen LogP contribution in [0.5, 0.6) is 5.75 Å². The normalized spacial score (nSPS) is 15.5. The first kappa shape index (κ1) is 23.7. The van der Waals surface area contributed by atoms with E-state index in [1.807, 2.05) is 13.8 Å². The summed E-state index contributed by atoms with van der Waals surface area (Å²) in [4.78, 5) is 16.8. The Morgan fingerprint density at radius 1 is 1.42 bits per heavy atom. The molecule has 3 rings (SSSR count). The van der Waals surface area contributed by atoms with Crippen LogP contribution in [0.3, 0.4) is 0 Å². The van der Waals surface area contributed by atoms with E-state index in [4.69, 9.17) is 5.14 Å².